The number of ether oxygens (including phenoxy) is 1. The Kier molecular flexibility index (Phi) is 6.00. The maximum atomic E-state index is 12.7. The molecule has 1 unspecified atom stereocenters. The number of hydrogen-bond acceptors (Lipinski definition) is 6. The van der Waals surface area contributed by atoms with Crippen LogP contribution in [0.15, 0.2) is 65.9 Å². The van der Waals surface area contributed by atoms with Crippen LogP contribution in [0.25, 0.3) is 0 Å². The van der Waals surface area contributed by atoms with E-state index in [0.717, 1.165) is 0 Å². The number of carboxylic acid groups (broad SMARTS) is 1. The fraction of sp³-hybridized carbons (Fsp3) is 0.217. The second-order valence-corrected chi connectivity index (χ2v) is 8.53. The second kappa shape index (κ2) is 8.88. The molecule has 8 nitrogen and oxygen atoms in total. The standard InChI is InChI=1S/C23H20N2O6S/c1-13-12-32-21-18(20(27)25(21)19(13)22(28)29)24-17(26)11-15-9-5-6-10-16(15)31-23(30)14-7-3-2-4-8-14/h2-10,18,21H,11-12H2,1H3,(H,24,26)(H,28,29)/t18?,21-/m0/s1. The van der Waals surface area contributed by atoms with Crippen molar-refractivity contribution in [1.29, 1.82) is 0 Å². The van der Waals surface area contributed by atoms with Crippen LogP contribution < -0.4 is 10.1 Å². The number of carboxylic acids is 1. The van der Waals surface area contributed by atoms with E-state index in [1.54, 1.807) is 61.5 Å². The summed E-state index contributed by atoms with van der Waals surface area (Å²) in [7, 11) is 0. The van der Waals surface area contributed by atoms with Gasteiger partial charge >= 0.3 is 11.9 Å². The summed E-state index contributed by atoms with van der Waals surface area (Å²) in [6, 6.07) is 14.4. The van der Waals surface area contributed by atoms with Crippen LogP contribution >= 0.6 is 11.8 Å². The van der Waals surface area contributed by atoms with Crippen LogP contribution in [-0.4, -0.2) is 50.9 Å². The van der Waals surface area contributed by atoms with E-state index >= 15 is 0 Å². The number of hydrogen-bond donors (Lipinski definition) is 2. The van der Waals surface area contributed by atoms with Gasteiger partial charge in [0.1, 0.15) is 22.9 Å². The number of benzene rings is 2. The Hall–Kier alpha value is -3.59. The average Bonchev–Trinajstić information content (AvgIpc) is 2.79. The zero-order valence-electron chi connectivity index (χ0n) is 17.1. The molecule has 2 aliphatic heterocycles. The predicted octanol–water partition coefficient (Wildman–Crippen LogP) is 2.21. The molecular formula is C23H20N2O6S. The first kappa shape index (κ1) is 21.6. The van der Waals surface area contributed by atoms with Crippen molar-refractivity contribution >= 4 is 35.5 Å². The van der Waals surface area contributed by atoms with Crippen molar-refractivity contribution in [1.82, 2.24) is 10.2 Å². The molecule has 1 saturated heterocycles. The summed E-state index contributed by atoms with van der Waals surface area (Å²) < 4.78 is 5.47. The first-order valence-electron chi connectivity index (χ1n) is 9.89. The maximum Gasteiger partial charge on any atom is 0.352 e. The molecule has 1 fully saturated rings. The number of thioether (sulfide) groups is 1. The van der Waals surface area contributed by atoms with Crippen LogP contribution in [0, 0.1) is 0 Å². The number of aliphatic carboxylic acids is 1. The van der Waals surface area contributed by atoms with Gasteiger partial charge in [0, 0.05) is 11.3 Å². The molecule has 2 aromatic rings. The third-order valence-corrected chi connectivity index (χ3v) is 6.64. The number of nitrogens with zero attached hydrogens (tertiary/aromatic N) is 1. The molecule has 2 aliphatic rings. The van der Waals surface area contributed by atoms with Gasteiger partial charge in [0.25, 0.3) is 5.91 Å². The molecule has 2 N–H and O–H groups in total. The third-order valence-electron chi connectivity index (χ3n) is 5.21. The van der Waals surface area contributed by atoms with Crippen molar-refractivity contribution in [2.45, 2.75) is 24.8 Å². The van der Waals surface area contributed by atoms with Gasteiger partial charge in [0.05, 0.1) is 12.0 Å². The van der Waals surface area contributed by atoms with Gasteiger partial charge in [-0.15, -0.1) is 11.8 Å². The van der Waals surface area contributed by atoms with Crippen LogP contribution in [0.5, 0.6) is 5.75 Å². The fourth-order valence-corrected chi connectivity index (χ4v) is 4.95. The Balaban J connectivity index is 1.42. The molecule has 0 aliphatic carbocycles. The molecule has 2 aromatic carbocycles. The highest BCUT2D eigenvalue weighted by Gasteiger charge is 2.53. The van der Waals surface area contributed by atoms with E-state index in [2.05, 4.69) is 5.32 Å². The molecular weight excluding hydrogens is 432 g/mol. The molecule has 0 spiro atoms. The van der Waals surface area contributed by atoms with E-state index in [4.69, 9.17) is 4.74 Å². The lowest BCUT2D eigenvalue weighted by Gasteiger charge is -2.49. The quantitative estimate of drug-likeness (QED) is 0.392. The molecule has 4 rings (SSSR count). The van der Waals surface area contributed by atoms with E-state index in [1.807, 2.05) is 0 Å². The minimum Gasteiger partial charge on any atom is -0.477 e. The van der Waals surface area contributed by atoms with Crippen molar-refractivity contribution < 1.29 is 29.0 Å². The fourth-order valence-electron chi connectivity index (χ4n) is 3.66. The SMILES string of the molecule is CC1=C(C(=O)O)N2C(=O)C(NC(=O)Cc3ccccc3OC(=O)c3ccccc3)[C@@H]2SC1. The number of amides is 2. The Morgan fingerprint density at radius 1 is 1.12 bits per heavy atom. The number of carbonyl (C=O) groups is 4. The zero-order chi connectivity index (χ0) is 22.8. The topological polar surface area (TPSA) is 113 Å². The molecule has 0 radical (unpaired) electrons. The summed E-state index contributed by atoms with van der Waals surface area (Å²) in [4.78, 5) is 50.3. The maximum absolute atomic E-state index is 12.7. The summed E-state index contributed by atoms with van der Waals surface area (Å²) in [5, 5.41) is 11.6. The Labute approximate surface area is 188 Å². The van der Waals surface area contributed by atoms with Crippen molar-refractivity contribution in [3.8, 4) is 5.75 Å². The number of rotatable bonds is 6. The molecule has 0 aromatic heterocycles. The lowest BCUT2D eigenvalue weighted by Crippen LogP contribution is -2.70. The van der Waals surface area contributed by atoms with Crippen LogP contribution in [0.1, 0.15) is 22.8 Å². The smallest absolute Gasteiger partial charge is 0.352 e. The van der Waals surface area contributed by atoms with Crippen LogP contribution in [0.3, 0.4) is 0 Å². The van der Waals surface area contributed by atoms with Crippen molar-refractivity contribution in [2.24, 2.45) is 0 Å². The summed E-state index contributed by atoms with van der Waals surface area (Å²) >= 11 is 1.41. The Morgan fingerprint density at radius 2 is 1.81 bits per heavy atom. The van der Waals surface area contributed by atoms with Gasteiger partial charge in [-0.1, -0.05) is 36.4 Å². The number of esters is 1. The van der Waals surface area contributed by atoms with Gasteiger partial charge in [-0.25, -0.2) is 9.59 Å². The summed E-state index contributed by atoms with van der Waals surface area (Å²) in [6.07, 6.45) is -0.0972. The van der Waals surface area contributed by atoms with Gasteiger partial charge in [-0.2, -0.15) is 0 Å². The third kappa shape index (κ3) is 4.11. The lowest BCUT2D eigenvalue weighted by molar-refractivity contribution is -0.150. The summed E-state index contributed by atoms with van der Waals surface area (Å²) in [5.41, 5.74) is 1.49. The second-order valence-electron chi connectivity index (χ2n) is 7.43. The first-order valence-corrected chi connectivity index (χ1v) is 10.9. The summed E-state index contributed by atoms with van der Waals surface area (Å²) in [6.45, 7) is 1.68. The Morgan fingerprint density at radius 3 is 2.53 bits per heavy atom. The zero-order valence-corrected chi connectivity index (χ0v) is 17.9. The van der Waals surface area contributed by atoms with E-state index in [1.165, 1.54) is 16.7 Å². The molecule has 0 saturated carbocycles. The molecule has 164 valence electrons. The Bertz CT molecular complexity index is 1130. The van der Waals surface area contributed by atoms with Crippen molar-refractivity contribution in [3.05, 3.63) is 77.0 Å². The lowest BCUT2D eigenvalue weighted by atomic mass is 10.0. The number of fused-ring (bicyclic) bond motifs is 1. The summed E-state index contributed by atoms with van der Waals surface area (Å²) in [5.74, 6) is -1.83. The van der Waals surface area contributed by atoms with Gasteiger partial charge in [-0.3, -0.25) is 14.5 Å². The van der Waals surface area contributed by atoms with E-state index < -0.39 is 35.2 Å². The monoisotopic (exact) mass is 452 g/mol. The minimum atomic E-state index is -1.15. The highest BCUT2D eigenvalue weighted by Crippen LogP contribution is 2.40. The van der Waals surface area contributed by atoms with Crippen LogP contribution in [-0.2, 0) is 20.8 Å². The largest absolute Gasteiger partial charge is 0.477 e. The number of nitrogens with one attached hydrogen (secondary N) is 1. The number of carbonyl (C=O) groups excluding carboxylic acids is 3. The van der Waals surface area contributed by atoms with E-state index in [-0.39, 0.29) is 17.9 Å². The average molecular weight is 452 g/mol. The molecule has 2 amide bonds. The van der Waals surface area contributed by atoms with Gasteiger partial charge < -0.3 is 15.2 Å². The van der Waals surface area contributed by atoms with Crippen molar-refractivity contribution in [3.63, 3.8) is 0 Å². The van der Waals surface area contributed by atoms with Gasteiger partial charge in [-0.05, 0) is 30.7 Å². The van der Waals surface area contributed by atoms with Crippen LogP contribution in [0.2, 0.25) is 0 Å². The molecule has 2 atom stereocenters. The number of para-hydroxylation sites is 1. The molecule has 0 bridgehead atoms. The number of β-lactam (4-membered cyclic amide) rings is 1. The van der Waals surface area contributed by atoms with Gasteiger partial charge in [0.15, 0.2) is 0 Å². The minimum absolute atomic E-state index is 0.0116. The highest BCUT2D eigenvalue weighted by atomic mass is 32.2. The van der Waals surface area contributed by atoms with Crippen LogP contribution in [0.4, 0.5) is 0 Å². The van der Waals surface area contributed by atoms with E-state index in [9.17, 15) is 24.3 Å². The molecule has 32 heavy (non-hydrogen) atoms. The highest BCUT2D eigenvalue weighted by molar-refractivity contribution is 8.00. The molecule has 2 heterocycles. The normalized spacial score (nSPS) is 19.7. The van der Waals surface area contributed by atoms with E-state index in [0.29, 0.717) is 22.5 Å². The first-order chi connectivity index (χ1) is 15.4. The van der Waals surface area contributed by atoms with Crippen molar-refractivity contribution in [2.75, 3.05) is 5.75 Å². The molecule has 9 heteroatoms. The predicted molar refractivity (Wildman–Crippen MR) is 117 cm³/mol. The van der Waals surface area contributed by atoms with Gasteiger partial charge in [0.2, 0.25) is 5.91 Å².